The molecule has 0 aromatic heterocycles. The smallest absolute Gasteiger partial charge is 0.323 e. The largest absolute Gasteiger partial charge is 0.468 e. The monoisotopic (exact) mass is 299 g/mol. The quantitative estimate of drug-likeness (QED) is 0.814. The lowest BCUT2D eigenvalue weighted by Gasteiger charge is -2.19. The first-order chi connectivity index (χ1) is 9.27. The summed E-state index contributed by atoms with van der Waals surface area (Å²) in [6.07, 6.45) is 0.387. The molecule has 6 heteroatoms. The first-order valence-corrected chi connectivity index (χ1v) is 7.92. The lowest BCUT2D eigenvalue weighted by atomic mass is 10.1. The van der Waals surface area contributed by atoms with Crippen LogP contribution in [0.4, 0.5) is 0 Å². The first-order valence-electron chi connectivity index (χ1n) is 6.43. The summed E-state index contributed by atoms with van der Waals surface area (Å²) < 4.78 is 31.8. The number of hydrogen-bond acceptors (Lipinski definition) is 4. The van der Waals surface area contributed by atoms with Crippen molar-refractivity contribution in [3.63, 3.8) is 0 Å². The van der Waals surface area contributed by atoms with Crippen LogP contribution in [0.25, 0.3) is 0 Å². The minimum Gasteiger partial charge on any atom is -0.468 e. The van der Waals surface area contributed by atoms with Crippen molar-refractivity contribution in [3.05, 3.63) is 29.8 Å². The molecule has 0 radical (unpaired) electrons. The Kier molecular flexibility index (Phi) is 5.71. The van der Waals surface area contributed by atoms with Crippen LogP contribution in [-0.2, 0) is 19.6 Å². The highest BCUT2D eigenvalue weighted by molar-refractivity contribution is 7.89. The number of benzene rings is 1. The predicted molar refractivity (Wildman–Crippen MR) is 76.8 cm³/mol. The number of sulfonamides is 1. The fourth-order valence-corrected chi connectivity index (χ4v) is 3.36. The number of rotatable bonds is 6. The maximum atomic E-state index is 12.3. The second kappa shape index (κ2) is 6.85. The van der Waals surface area contributed by atoms with Gasteiger partial charge in [-0.25, -0.2) is 8.42 Å². The van der Waals surface area contributed by atoms with Crippen LogP contribution in [0.2, 0.25) is 0 Å². The fourth-order valence-electron chi connectivity index (χ4n) is 1.91. The van der Waals surface area contributed by atoms with E-state index >= 15 is 0 Å². The Balaban J connectivity index is 3.03. The minimum atomic E-state index is -3.74. The second-order valence-electron chi connectivity index (χ2n) is 5.09. The van der Waals surface area contributed by atoms with Crippen LogP contribution in [0, 0.1) is 12.8 Å². The summed E-state index contributed by atoms with van der Waals surface area (Å²) in [5.41, 5.74) is 0.633. The van der Waals surface area contributed by atoms with Gasteiger partial charge in [-0.15, -0.1) is 0 Å². The van der Waals surface area contributed by atoms with E-state index in [0.29, 0.717) is 12.0 Å². The third kappa shape index (κ3) is 4.31. The molecule has 5 nitrogen and oxygen atoms in total. The highest BCUT2D eigenvalue weighted by Gasteiger charge is 2.27. The van der Waals surface area contributed by atoms with Gasteiger partial charge < -0.3 is 4.74 Å². The Morgan fingerprint density at radius 3 is 2.40 bits per heavy atom. The van der Waals surface area contributed by atoms with Gasteiger partial charge in [-0.3, -0.25) is 4.79 Å². The molecule has 0 saturated carbocycles. The molecule has 20 heavy (non-hydrogen) atoms. The van der Waals surface area contributed by atoms with Crippen molar-refractivity contribution in [1.29, 1.82) is 0 Å². The van der Waals surface area contributed by atoms with E-state index < -0.39 is 22.0 Å². The Morgan fingerprint density at radius 1 is 1.30 bits per heavy atom. The highest BCUT2D eigenvalue weighted by Crippen LogP contribution is 2.16. The lowest BCUT2D eigenvalue weighted by molar-refractivity contribution is -0.143. The maximum Gasteiger partial charge on any atom is 0.323 e. The van der Waals surface area contributed by atoms with E-state index in [4.69, 9.17) is 0 Å². The Hall–Kier alpha value is -1.40. The summed E-state index contributed by atoms with van der Waals surface area (Å²) in [6, 6.07) is 5.77. The molecule has 0 bridgehead atoms. The van der Waals surface area contributed by atoms with Crippen LogP contribution in [0.3, 0.4) is 0 Å². The lowest BCUT2D eigenvalue weighted by Crippen LogP contribution is -2.42. The molecule has 1 aromatic carbocycles. The summed E-state index contributed by atoms with van der Waals surface area (Å²) in [7, 11) is -2.49. The molecule has 0 aliphatic carbocycles. The number of methoxy groups -OCH3 is 1. The third-order valence-electron chi connectivity index (χ3n) is 2.87. The van der Waals surface area contributed by atoms with Crippen molar-refractivity contribution in [2.45, 2.75) is 38.1 Å². The van der Waals surface area contributed by atoms with Crippen LogP contribution < -0.4 is 4.72 Å². The zero-order valence-corrected chi connectivity index (χ0v) is 13.0. The fraction of sp³-hybridized carbons (Fsp3) is 0.500. The SMILES string of the molecule is COC(=O)C(CC(C)C)NS(=O)(=O)c1ccccc1C. The number of aryl methyl sites for hydroxylation is 1. The van der Waals surface area contributed by atoms with Crippen LogP contribution in [0.1, 0.15) is 25.8 Å². The highest BCUT2D eigenvalue weighted by atomic mass is 32.2. The van der Waals surface area contributed by atoms with Crippen LogP contribution in [0.5, 0.6) is 0 Å². The number of hydrogen-bond donors (Lipinski definition) is 1. The maximum absolute atomic E-state index is 12.3. The molecule has 1 aromatic rings. The van der Waals surface area contributed by atoms with Gasteiger partial charge in [0.25, 0.3) is 0 Å². The Bertz CT molecular complexity index is 566. The average molecular weight is 299 g/mol. The van der Waals surface area contributed by atoms with E-state index in [-0.39, 0.29) is 10.8 Å². The molecule has 0 aliphatic heterocycles. The van der Waals surface area contributed by atoms with Crippen molar-refractivity contribution < 1.29 is 17.9 Å². The molecule has 0 saturated heterocycles. The van der Waals surface area contributed by atoms with Gasteiger partial charge in [-0.2, -0.15) is 4.72 Å². The van der Waals surface area contributed by atoms with Crippen molar-refractivity contribution in [2.75, 3.05) is 7.11 Å². The molecule has 0 spiro atoms. The van der Waals surface area contributed by atoms with Gasteiger partial charge in [0, 0.05) is 0 Å². The van der Waals surface area contributed by atoms with Crippen molar-refractivity contribution >= 4 is 16.0 Å². The van der Waals surface area contributed by atoms with E-state index in [0.717, 1.165) is 0 Å². The van der Waals surface area contributed by atoms with E-state index in [1.807, 2.05) is 13.8 Å². The number of nitrogens with one attached hydrogen (secondary N) is 1. The Morgan fingerprint density at radius 2 is 1.90 bits per heavy atom. The van der Waals surface area contributed by atoms with Gasteiger partial charge in [-0.1, -0.05) is 32.0 Å². The minimum absolute atomic E-state index is 0.165. The normalized spacial score (nSPS) is 13.2. The van der Waals surface area contributed by atoms with Gasteiger partial charge in [0.05, 0.1) is 12.0 Å². The van der Waals surface area contributed by atoms with Gasteiger partial charge >= 0.3 is 5.97 Å². The first kappa shape index (κ1) is 16.7. The van der Waals surface area contributed by atoms with Gasteiger partial charge in [0.1, 0.15) is 6.04 Å². The van der Waals surface area contributed by atoms with Gasteiger partial charge in [0.15, 0.2) is 0 Å². The van der Waals surface area contributed by atoms with Crippen molar-refractivity contribution in [1.82, 2.24) is 4.72 Å². The van der Waals surface area contributed by atoms with Crippen LogP contribution in [0.15, 0.2) is 29.2 Å². The molecule has 0 amide bonds. The van der Waals surface area contributed by atoms with Crippen LogP contribution >= 0.6 is 0 Å². The van der Waals surface area contributed by atoms with Crippen molar-refractivity contribution in [3.8, 4) is 0 Å². The van der Waals surface area contributed by atoms with E-state index in [1.165, 1.54) is 13.2 Å². The number of esters is 1. The molecular formula is C14H21NO4S. The van der Waals surface area contributed by atoms with Crippen molar-refractivity contribution in [2.24, 2.45) is 5.92 Å². The molecule has 1 atom stereocenters. The molecule has 112 valence electrons. The van der Waals surface area contributed by atoms with Gasteiger partial charge in [0.2, 0.25) is 10.0 Å². The average Bonchev–Trinajstić information content (AvgIpc) is 2.36. The van der Waals surface area contributed by atoms with E-state index in [1.54, 1.807) is 25.1 Å². The number of carbonyl (C=O) groups is 1. The molecule has 0 fully saturated rings. The molecular weight excluding hydrogens is 278 g/mol. The second-order valence-corrected chi connectivity index (χ2v) is 6.77. The summed E-state index contributed by atoms with van der Waals surface area (Å²) in [4.78, 5) is 11.9. The van der Waals surface area contributed by atoms with Crippen LogP contribution in [-0.4, -0.2) is 27.5 Å². The predicted octanol–water partition coefficient (Wildman–Crippen LogP) is 1.86. The number of ether oxygens (including phenoxy) is 1. The number of carbonyl (C=O) groups excluding carboxylic acids is 1. The molecule has 1 N–H and O–H groups in total. The summed E-state index contributed by atoms with van der Waals surface area (Å²) >= 11 is 0. The summed E-state index contributed by atoms with van der Waals surface area (Å²) in [6.45, 7) is 5.54. The zero-order valence-electron chi connectivity index (χ0n) is 12.2. The standard InChI is InChI=1S/C14H21NO4S/c1-10(2)9-12(14(16)19-4)15-20(17,18)13-8-6-5-7-11(13)3/h5-8,10,12,15H,9H2,1-4H3. The molecule has 1 rings (SSSR count). The molecule has 0 aliphatic rings. The molecule has 1 unspecified atom stereocenters. The Labute approximate surface area is 120 Å². The van der Waals surface area contributed by atoms with E-state index in [9.17, 15) is 13.2 Å². The third-order valence-corrected chi connectivity index (χ3v) is 4.51. The summed E-state index contributed by atoms with van der Waals surface area (Å²) in [5, 5.41) is 0. The van der Waals surface area contributed by atoms with E-state index in [2.05, 4.69) is 9.46 Å². The molecule has 0 heterocycles. The zero-order chi connectivity index (χ0) is 15.3. The van der Waals surface area contributed by atoms with Gasteiger partial charge in [-0.05, 0) is 30.9 Å². The topological polar surface area (TPSA) is 72.5 Å². The summed E-state index contributed by atoms with van der Waals surface area (Å²) in [5.74, 6) is -0.408.